The minimum Gasteiger partial charge on any atom is -0.385 e. The van der Waals surface area contributed by atoms with Crippen molar-refractivity contribution in [3.63, 3.8) is 0 Å². The number of rotatable bonds is 9. The van der Waals surface area contributed by atoms with Gasteiger partial charge in [0.1, 0.15) is 0 Å². The van der Waals surface area contributed by atoms with Crippen LogP contribution < -0.4 is 0 Å². The molecule has 0 aromatic carbocycles. The molecule has 0 spiro atoms. The molecule has 0 aliphatic heterocycles. The standard InChI is InChI=1S/C12H26O2/c1-5-6-7-12(2,8-10-13-3)9-11-14-4/h5-11H2,1-4H3. The summed E-state index contributed by atoms with van der Waals surface area (Å²) in [5, 5.41) is 0. The Hall–Kier alpha value is -0.0800. The molecule has 0 saturated heterocycles. The van der Waals surface area contributed by atoms with Crippen molar-refractivity contribution in [1.29, 1.82) is 0 Å². The van der Waals surface area contributed by atoms with E-state index in [0.29, 0.717) is 5.41 Å². The molecule has 0 aliphatic rings. The summed E-state index contributed by atoms with van der Waals surface area (Å²) in [5.74, 6) is 0. The zero-order valence-corrected chi connectivity index (χ0v) is 10.3. The van der Waals surface area contributed by atoms with E-state index in [9.17, 15) is 0 Å². The number of ether oxygens (including phenoxy) is 2. The molecule has 0 unspecified atom stereocenters. The molecule has 0 radical (unpaired) electrons. The van der Waals surface area contributed by atoms with E-state index in [-0.39, 0.29) is 0 Å². The Morgan fingerprint density at radius 1 is 0.929 bits per heavy atom. The van der Waals surface area contributed by atoms with Gasteiger partial charge in [-0.15, -0.1) is 0 Å². The van der Waals surface area contributed by atoms with Crippen molar-refractivity contribution in [2.45, 2.75) is 46.0 Å². The van der Waals surface area contributed by atoms with Crippen LogP contribution in [0.25, 0.3) is 0 Å². The maximum atomic E-state index is 5.16. The van der Waals surface area contributed by atoms with Crippen LogP contribution in [0.3, 0.4) is 0 Å². The summed E-state index contributed by atoms with van der Waals surface area (Å²) in [4.78, 5) is 0. The molecule has 0 saturated carbocycles. The fourth-order valence-electron chi connectivity index (χ4n) is 1.68. The molecular formula is C12H26O2. The molecule has 0 aliphatic carbocycles. The van der Waals surface area contributed by atoms with E-state index >= 15 is 0 Å². The van der Waals surface area contributed by atoms with E-state index in [1.165, 1.54) is 19.3 Å². The highest BCUT2D eigenvalue weighted by molar-refractivity contribution is 4.74. The molecule has 2 nitrogen and oxygen atoms in total. The Balaban J connectivity index is 3.89. The third-order valence-electron chi connectivity index (χ3n) is 2.95. The second-order valence-corrected chi connectivity index (χ2v) is 4.40. The molecule has 0 fully saturated rings. The van der Waals surface area contributed by atoms with Crippen LogP contribution in [0.2, 0.25) is 0 Å². The smallest absolute Gasteiger partial charge is 0.0467 e. The molecule has 0 aromatic heterocycles. The first-order valence-electron chi connectivity index (χ1n) is 5.66. The summed E-state index contributed by atoms with van der Waals surface area (Å²) in [5.41, 5.74) is 0.405. The quantitative estimate of drug-likeness (QED) is 0.571. The topological polar surface area (TPSA) is 18.5 Å². The van der Waals surface area contributed by atoms with Crippen molar-refractivity contribution in [2.24, 2.45) is 5.41 Å². The summed E-state index contributed by atoms with van der Waals surface area (Å²) in [6.07, 6.45) is 6.16. The van der Waals surface area contributed by atoms with Crippen molar-refractivity contribution in [2.75, 3.05) is 27.4 Å². The van der Waals surface area contributed by atoms with Gasteiger partial charge in [0.25, 0.3) is 0 Å². The minimum atomic E-state index is 0.405. The van der Waals surface area contributed by atoms with Gasteiger partial charge < -0.3 is 9.47 Å². The fraction of sp³-hybridized carbons (Fsp3) is 1.00. The van der Waals surface area contributed by atoms with Gasteiger partial charge in [0.05, 0.1) is 0 Å². The average molecular weight is 202 g/mol. The first-order chi connectivity index (χ1) is 6.68. The molecule has 86 valence electrons. The Morgan fingerprint density at radius 3 is 1.79 bits per heavy atom. The van der Waals surface area contributed by atoms with Gasteiger partial charge in [-0.25, -0.2) is 0 Å². The fourth-order valence-corrected chi connectivity index (χ4v) is 1.68. The van der Waals surface area contributed by atoms with E-state index in [2.05, 4.69) is 13.8 Å². The van der Waals surface area contributed by atoms with Gasteiger partial charge in [-0.1, -0.05) is 26.7 Å². The highest BCUT2D eigenvalue weighted by atomic mass is 16.5. The lowest BCUT2D eigenvalue weighted by atomic mass is 9.79. The third-order valence-corrected chi connectivity index (χ3v) is 2.95. The van der Waals surface area contributed by atoms with Crippen LogP contribution in [0.1, 0.15) is 46.0 Å². The lowest BCUT2D eigenvalue weighted by Gasteiger charge is -2.29. The number of methoxy groups -OCH3 is 2. The van der Waals surface area contributed by atoms with Crippen LogP contribution in [-0.2, 0) is 9.47 Å². The summed E-state index contributed by atoms with van der Waals surface area (Å²) in [7, 11) is 3.55. The Labute approximate surface area is 89.0 Å². The first-order valence-corrected chi connectivity index (χ1v) is 5.66. The molecule has 0 aromatic rings. The molecule has 0 amide bonds. The van der Waals surface area contributed by atoms with Gasteiger partial charge in [0.15, 0.2) is 0 Å². The summed E-state index contributed by atoms with van der Waals surface area (Å²) in [6, 6.07) is 0. The van der Waals surface area contributed by atoms with Crippen molar-refractivity contribution in [1.82, 2.24) is 0 Å². The summed E-state index contributed by atoms with van der Waals surface area (Å²) in [6.45, 7) is 6.32. The molecule has 14 heavy (non-hydrogen) atoms. The van der Waals surface area contributed by atoms with Gasteiger partial charge in [-0.3, -0.25) is 0 Å². The molecule has 0 bridgehead atoms. The highest BCUT2D eigenvalue weighted by Gasteiger charge is 2.22. The van der Waals surface area contributed by atoms with Crippen LogP contribution in [0.4, 0.5) is 0 Å². The van der Waals surface area contributed by atoms with Crippen LogP contribution in [0.15, 0.2) is 0 Å². The largest absolute Gasteiger partial charge is 0.385 e. The molecule has 0 atom stereocenters. The van der Waals surface area contributed by atoms with Gasteiger partial charge >= 0.3 is 0 Å². The van der Waals surface area contributed by atoms with E-state index < -0.39 is 0 Å². The maximum Gasteiger partial charge on any atom is 0.0467 e. The molecular weight excluding hydrogens is 176 g/mol. The predicted molar refractivity (Wildman–Crippen MR) is 60.6 cm³/mol. The third kappa shape index (κ3) is 6.39. The normalized spacial score (nSPS) is 12.0. The van der Waals surface area contributed by atoms with E-state index in [4.69, 9.17) is 9.47 Å². The van der Waals surface area contributed by atoms with Gasteiger partial charge in [0, 0.05) is 27.4 Å². The Kier molecular flexibility index (Phi) is 8.20. The Morgan fingerprint density at radius 2 is 1.43 bits per heavy atom. The monoisotopic (exact) mass is 202 g/mol. The van der Waals surface area contributed by atoms with E-state index in [0.717, 1.165) is 26.1 Å². The lowest BCUT2D eigenvalue weighted by molar-refractivity contribution is 0.0959. The van der Waals surface area contributed by atoms with E-state index in [1.807, 2.05) is 0 Å². The van der Waals surface area contributed by atoms with Crippen LogP contribution in [0.5, 0.6) is 0 Å². The van der Waals surface area contributed by atoms with Gasteiger partial charge in [-0.05, 0) is 24.7 Å². The van der Waals surface area contributed by atoms with Gasteiger partial charge in [-0.2, -0.15) is 0 Å². The average Bonchev–Trinajstić information content (AvgIpc) is 2.21. The lowest BCUT2D eigenvalue weighted by Crippen LogP contribution is -2.20. The second kappa shape index (κ2) is 8.25. The van der Waals surface area contributed by atoms with Crippen molar-refractivity contribution in [3.8, 4) is 0 Å². The van der Waals surface area contributed by atoms with Crippen molar-refractivity contribution >= 4 is 0 Å². The van der Waals surface area contributed by atoms with Crippen LogP contribution >= 0.6 is 0 Å². The molecule has 2 heteroatoms. The molecule has 0 N–H and O–H groups in total. The maximum absolute atomic E-state index is 5.16. The summed E-state index contributed by atoms with van der Waals surface area (Å²) >= 11 is 0. The molecule has 0 heterocycles. The van der Waals surface area contributed by atoms with Crippen LogP contribution in [-0.4, -0.2) is 27.4 Å². The zero-order chi connectivity index (χ0) is 10.9. The summed E-state index contributed by atoms with van der Waals surface area (Å²) < 4.78 is 10.3. The van der Waals surface area contributed by atoms with Crippen molar-refractivity contribution < 1.29 is 9.47 Å². The second-order valence-electron chi connectivity index (χ2n) is 4.40. The zero-order valence-electron chi connectivity index (χ0n) is 10.3. The van der Waals surface area contributed by atoms with Crippen molar-refractivity contribution in [3.05, 3.63) is 0 Å². The van der Waals surface area contributed by atoms with E-state index in [1.54, 1.807) is 14.2 Å². The predicted octanol–water partition coefficient (Wildman–Crippen LogP) is 3.26. The number of hydrogen-bond acceptors (Lipinski definition) is 2. The number of hydrogen-bond donors (Lipinski definition) is 0. The molecule has 0 rings (SSSR count). The Bertz CT molecular complexity index is 102. The van der Waals surface area contributed by atoms with Gasteiger partial charge in [0.2, 0.25) is 0 Å². The van der Waals surface area contributed by atoms with Crippen LogP contribution in [0, 0.1) is 5.41 Å². The first kappa shape index (κ1) is 13.9. The highest BCUT2D eigenvalue weighted by Crippen LogP contribution is 2.32. The number of unbranched alkanes of at least 4 members (excludes halogenated alkanes) is 1. The SMILES string of the molecule is CCCCC(C)(CCOC)CCOC. The minimum absolute atomic E-state index is 0.405.